The molecule has 1 aliphatic rings. The molecule has 0 aliphatic carbocycles. The summed E-state index contributed by atoms with van der Waals surface area (Å²) < 4.78 is 5.19. The van der Waals surface area contributed by atoms with Crippen molar-refractivity contribution in [1.82, 2.24) is 4.90 Å². The van der Waals surface area contributed by atoms with Crippen molar-refractivity contribution in [2.45, 2.75) is 25.4 Å². The van der Waals surface area contributed by atoms with Crippen molar-refractivity contribution in [3.8, 4) is 5.75 Å². The SMILES string of the molecule is COc1ccc(C2CCC(=O)N2Cc2ccccc2)cc1. The summed E-state index contributed by atoms with van der Waals surface area (Å²) in [5.41, 5.74) is 2.35. The Bertz CT molecular complexity index is 607. The highest BCUT2D eigenvalue weighted by Crippen LogP contribution is 2.34. The smallest absolute Gasteiger partial charge is 0.223 e. The first kappa shape index (κ1) is 13.7. The van der Waals surface area contributed by atoms with Crippen LogP contribution < -0.4 is 4.74 Å². The van der Waals surface area contributed by atoms with Crippen LogP contribution in [0.4, 0.5) is 0 Å². The van der Waals surface area contributed by atoms with Gasteiger partial charge in [-0.2, -0.15) is 0 Å². The summed E-state index contributed by atoms with van der Waals surface area (Å²) in [4.78, 5) is 14.2. The number of carbonyl (C=O) groups excluding carboxylic acids is 1. The van der Waals surface area contributed by atoms with E-state index in [2.05, 4.69) is 24.3 Å². The largest absolute Gasteiger partial charge is 0.497 e. The molecule has 0 bridgehead atoms. The molecule has 3 nitrogen and oxygen atoms in total. The van der Waals surface area contributed by atoms with Gasteiger partial charge in [0.15, 0.2) is 0 Å². The third kappa shape index (κ3) is 2.92. The summed E-state index contributed by atoms with van der Waals surface area (Å²) in [5, 5.41) is 0. The van der Waals surface area contributed by atoms with E-state index in [9.17, 15) is 4.79 Å². The van der Waals surface area contributed by atoms with Gasteiger partial charge in [-0.05, 0) is 29.7 Å². The zero-order chi connectivity index (χ0) is 14.7. The van der Waals surface area contributed by atoms with Crippen molar-refractivity contribution in [3.05, 3.63) is 65.7 Å². The quantitative estimate of drug-likeness (QED) is 0.857. The Balaban J connectivity index is 1.81. The van der Waals surface area contributed by atoms with Gasteiger partial charge in [0.05, 0.1) is 13.2 Å². The molecule has 0 spiro atoms. The van der Waals surface area contributed by atoms with E-state index in [-0.39, 0.29) is 11.9 Å². The monoisotopic (exact) mass is 281 g/mol. The van der Waals surface area contributed by atoms with Gasteiger partial charge >= 0.3 is 0 Å². The highest BCUT2D eigenvalue weighted by atomic mass is 16.5. The van der Waals surface area contributed by atoms with Crippen LogP contribution in [0.5, 0.6) is 5.75 Å². The maximum atomic E-state index is 12.2. The lowest BCUT2D eigenvalue weighted by Gasteiger charge is -2.25. The van der Waals surface area contributed by atoms with Crippen LogP contribution in [0.2, 0.25) is 0 Å². The lowest BCUT2D eigenvalue weighted by atomic mass is 10.0. The maximum Gasteiger partial charge on any atom is 0.223 e. The fraction of sp³-hybridized carbons (Fsp3) is 0.278. The second-order valence-corrected chi connectivity index (χ2v) is 5.33. The normalized spacial score (nSPS) is 18.0. The minimum atomic E-state index is 0.170. The first-order chi connectivity index (χ1) is 10.3. The van der Waals surface area contributed by atoms with E-state index in [1.807, 2.05) is 35.2 Å². The van der Waals surface area contributed by atoms with Crippen molar-refractivity contribution in [2.24, 2.45) is 0 Å². The van der Waals surface area contributed by atoms with E-state index in [0.29, 0.717) is 13.0 Å². The average Bonchev–Trinajstić information content (AvgIpc) is 2.90. The molecule has 0 aromatic heterocycles. The molecule has 3 rings (SSSR count). The van der Waals surface area contributed by atoms with Gasteiger partial charge in [-0.25, -0.2) is 0 Å². The molecule has 1 amide bonds. The van der Waals surface area contributed by atoms with Crippen LogP contribution in [-0.4, -0.2) is 17.9 Å². The van der Waals surface area contributed by atoms with Crippen LogP contribution >= 0.6 is 0 Å². The minimum Gasteiger partial charge on any atom is -0.497 e. The number of hydrogen-bond donors (Lipinski definition) is 0. The van der Waals surface area contributed by atoms with Gasteiger partial charge in [0, 0.05) is 13.0 Å². The Morgan fingerprint density at radius 3 is 2.48 bits per heavy atom. The summed E-state index contributed by atoms with van der Waals surface area (Å²) in [7, 11) is 1.66. The number of nitrogens with zero attached hydrogens (tertiary/aromatic N) is 1. The lowest BCUT2D eigenvalue weighted by Crippen LogP contribution is -2.27. The van der Waals surface area contributed by atoms with Crippen LogP contribution in [0, 0.1) is 0 Å². The molecular formula is C18H19NO2. The van der Waals surface area contributed by atoms with E-state index >= 15 is 0 Å². The summed E-state index contributed by atoms with van der Waals surface area (Å²) in [6.07, 6.45) is 1.52. The molecule has 21 heavy (non-hydrogen) atoms. The van der Waals surface area contributed by atoms with Gasteiger partial charge in [0.25, 0.3) is 0 Å². The van der Waals surface area contributed by atoms with Crippen LogP contribution in [0.25, 0.3) is 0 Å². The fourth-order valence-corrected chi connectivity index (χ4v) is 2.88. The van der Waals surface area contributed by atoms with Crippen molar-refractivity contribution in [1.29, 1.82) is 0 Å². The van der Waals surface area contributed by atoms with Crippen molar-refractivity contribution >= 4 is 5.91 Å². The van der Waals surface area contributed by atoms with Crippen LogP contribution in [-0.2, 0) is 11.3 Å². The molecule has 0 saturated carbocycles. The van der Waals surface area contributed by atoms with Gasteiger partial charge in [-0.1, -0.05) is 42.5 Å². The summed E-state index contributed by atoms with van der Waals surface area (Å²) in [5.74, 6) is 1.08. The number of benzene rings is 2. The van der Waals surface area contributed by atoms with Gasteiger partial charge in [-0.15, -0.1) is 0 Å². The van der Waals surface area contributed by atoms with Crippen molar-refractivity contribution < 1.29 is 9.53 Å². The minimum absolute atomic E-state index is 0.170. The first-order valence-corrected chi connectivity index (χ1v) is 7.25. The maximum absolute atomic E-state index is 12.2. The zero-order valence-electron chi connectivity index (χ0n) is 12.2. The Kier molecular flexibility index (Phi) is 3.91. The second-order valence-electron chi connectivity index (χ2n) is 5.33. The third-order valence-electron chi connectivity index (χ3n) is 4.02. The standard InChI is InChI=1S/C18H19NO2/c1-21-16-9-7-15(8-10-16)17-11-12-18(20)19(17)13-14-5-3-2-4-6-14/h2-10,17H,11-13H2,1H3. The first-order valence-electron chi connectivity index (χ1n) is 7.25. The molecule has 1 fully saturated rings. The Hall–Kier alpha value is -2.29. The van der Waals surface area contributed by atoms with Crippen LogP contribution in [0.1, 0.15) is 30.0 Å². The van der Waals surface area contributed by atoms with Crippen molar-refractivity contribution in [2.75, 3.05) is 7.11 Å². The highest BCUT2D eigenvalue weighted by Gasteiger charge is 2.31. The molecule has 1 aliphatic heterocycles. The zero-order valence-corrected chi connectivity index (χ0v) is 12.2. The molecule has 108 valence electrons. The van der Waals surface area contributed by atoms with E-state index < -0.39 is 0 Å². The number of likely N-dealkylation sites (tertiary alicyclic amines) is 1. The van der Waals surface area contributed by atoms with Gasteiger partial charge in [-0.3, -0.25) is 4.79 Å². The molecule has 1 heterocycles. The summed E-state index contributed by atoms with van der Waals surface area (Å²) in [6.45, 7) is 0.677. The number of rotatable bonds is 4. The van der Waals surface area contributed by atoms with Gasteiger partial charge in [0.2, 0.25) is 5.91 Å². The molecule has 1 unspecified atom stereocenters. The van der Waals surface area contributed by atoms with Gasteiger partial charge in [0.1, 0.15) is 5.75 Å². The average molecular weight is 281 g/mol. The van der Waals surface area contributed by atoms with Gasteiger partial charge < -0.3 is 9.64 Å². The number of carbonyl (C=O) groups is 1. The molecule has 0 radical (unpaired) electrons. The number of ether oxygens (including phenoxy) is 1. The lowest BCUT2D eigenvalue weighted by molar-refractivity contribution is -0.129. The Morgan fingerprint density at radius 1 is 1.10 bits per heavy atom. The molecule has 2 aromatic carbocycles. The predicted octanol–water partition coefficient (Wildman–Crippen LogP) is 3.56. The number of hydrogen-bond acceptors (Lipinski definition) is 2. The topological polar surface area (TPSA) is 29.5 Å². The molecule has 1 saturated heterocycles. The van der Waals surface area contributed by atoms with E-state index in [1.165, 1.54) is 11.1 Å². The summed E-state index contributed by atoms with van der Waals surface area (Å²) in [6, 6.07) is 18.3. The highest BCUT2D eigenvalue weighted by molar-refractivity contribution is 5.79. The molecule has 0 N–H and O–H groups in total. The molecular weight excluding hydrogens is 262 g/mol. The van der Waals surface area contributed by atoms with Crippen LogP contribution in [0.15, 0.2) is 54.6 Å². The molecule has 1 atom stereocenters. The third-order valence-corrected chi connectivity index (χ3v) is 4.02. The Morgan fingerprint density at radius 2 is 1.81 bits per heavy atom. The predicted molar refractivity (Wildman–Crippen MR) is 82.0 cm³/mol. The fourth-order valence-electron chi connectivity index (χ4n) is 2.88. The Labute approximate surface area is 125 Å². The van der Waals surface area contributed by atoms with E-state index in [4.69, 9.17) is 4.74 Å². The second kappa shape index (κ2) is 6.00. The van der Waals surface area contributed by atoms with E-state index in [1.54, 1.807) is 7.11 Å². The number of methoxy groups -OCH3 is 1. The number of amides is 1. The van der Waals surface area contributed by atoms with Crippen molar-refractivity contribution in [3.63, 3.8) is 0 Å². The molecule has 3 heteroatoms. The van der Waals surface area contributed by atoms with E-state index in [0.717, 1.165) is 12.2 Å². The van der Waals surface area contributed by atoms with Crippen LogP contribution in [0.3, 0.4) is 0 Å². The summed E-state index contributed by atoms with van der Waals surface area (Å²) >= 11 is 0. The molecule has 2 aromatic rings.